The molecule has 0 saturated heterocycles. The molecule has 0 aromatic rings. The average Bonchev–Trinajstić information content (AvgIpc) is 2.30. The van der Waals surface area contributed by atoms with Gasteiger partial charge in [-0.3, -0.25) is 4.79 Å². The monoisotopic (exact) mass is 198 g/mol. The Morgan fingerprint density at radius 3 is 2.14 bits per heavy atom. The third-order valence-electron chi connectivity index (χ3n) is 3.10. The molecule has 1 saturated carbocycles. The molecule has 1 aliphatic carbocycles. The second-order valence-corrected chi connectivity index (χ2v) is 6.02. The van der Waals surface area contributed by atoms with E-state index in [1.54, 1.807) is 0 Å². The van der Waals surface area contributed by atoms with Crippen molar-refractivity contribution < 1.29 is 9.90 Å². The second-order valence-electron chi connectivity index (χ2n) is 6.02. The van der Waals surface area contributed by atoms with Gasteiger partial charge in [-0.15, -0.1) is 0 Å². The third-order valence-corrected chi connectivity index (χ3v) is 3.10. The lowest BCUT2D eigenvalue weighted by molar-refractivity contribution is -0.140. The first kappa shape index (κ1) is 11.5. The Hall–Kier alpha value is -0.530. The quantitative estimate of drug-likeness (QED) is 0.754. The van der Waals surface area contributed by atoms with Gasteiger partial charge in [0.05, 0.1) is 6.42 Å². The molecule has 0 bridgehead atoms. The molecule has 0 aromatic heterocycles. The highest BCUT2D eigenvalue weighted by Crippen LogP contribution is 2.48. The molecule has 0 aromatic carbocycles. The zero-order chi connectivity index (χ0) is 10.8. The van der Waals surface area contributed by atoms with Crippen molar-refractivity contribution >= 4 is 5.97 Å². The number of aliphatic carboxylic acids is 1. The summed E-state index contributed by atoms with van der Waals surface area (Å²) in [6, 6.07) is 0. The molecule has 2 heteroatoms. The molecule has 82 valence electrons. The number of hydrogen-bond acceptors (Lipinski definition) is 1. The van der Waals surface area contributed by atoms with Crippen LogP contribution in [0.1, 0.15) is 59.3 Å². The molecule has 2 nitrogen and oxygen atoms in total. The van der Waals surface area contributed by atoms with Gasteiger partial charge >= 0.3 is 5.97 Å². The second kappa shape index (κ2) is 3.92. The topological polar surface area (TPSA) is 37.3 Å². The molecular weight excluding hydrogens is 176 g/mol. The molecule has 0 unspecified atom stereocenters. The van der Waals surface area contributed by atoms with Gasteiger partial charge in [0.15, 0.2) is 0 Å². The fourth-order valence-corrected chi connectivity index (χ4v) is 2.99. The van der Waals surface area contributed by atoms with E-state index >= 15 is 0 Å². The van der Waals surface area contributed by atoms with Crippen LogP contribution in [0.25, 0.3) is 0 Å². The van der Waals surface area contributed by atoms with Gasteiger partial charge < -0.3 is 5.11 Å². The van der Waals surface area contributed by atoms with E-state index in [0.29, 0.717) is 6.42 Å². The molecular formula is C12H22O2. The Morgan fingerprint density at radius 2 is 1.79 bits per heavy atom. The van der Waals surface area contributed by atoms with Crippen molar-refractivity contribution in [3.63, 3.8) is 0 Å². The van der Waals surface area contributed by atoms with Crippen LogP contribution in [0.15, 0.2) is 0 Å². The zero-order valence-corrected chi connectivity index (χ0v) is 9.60. The maximum Gasteiger partial charge on any atom is 0.303 e. The van der Waals surface area contributed by atoms with Crippen LogP contribution in [0.3, 0.4) is 0 Å². The van der Waals surface area contributed by atoms with E-state index in [1.165, 1.54) is 12.8 Å². The molecule has 0 radical (unpaired) electrons. The summed E-state index contributed by atoms with van der Waals surface area (Å²) in [5, 5.41) is 8.94. The number of carboxylic acid groups (broad SMARTS) is 1. The summed E-state index contributed by atoms with van der Waals surface area (Å²) in [6.07, 6.45) is 6.05. The molecule has 0 aliphatic heterocycles. The number of rotatable bonds is 3. The highest BCUT2D eigenvalue weighted by Gasteiger charge is 2.38. The lowest BCUT2D eigenvalue weighted by Crippen LogP contribution is -2.26. The Bertz CT molecular complexity index is 207. The molecule has 14 heavy (non-hydrogen) atoms. The van der Waals surface area contributed by atoms with E-state index in [0.717, 1.165) is 19.3 Å². The first-order chi connectivity index (χ1) is 6.33. The van der Waals surface area contributed by atoms with Gasteiger partial charge in [0.2, 0.25) is 0 Å². The lowest BCUT2D eigenvalue weighted by atomic mass is 9.71. The van der Waals surface area contributed by atoms with E-state index in [1.807, 2.05) is 0 Å². The van der Waals surface area contributed by atoms with E-state index in [4.69, 9.17) is 5.11 Å². The first-order valence-corrected chi connectivity index (χ1v) is 5.55. The summed E-state index contributed by atoms with van der Waals surface area (Å²) < 4.78 is 0. The Balaban J connectivity index is 2.67. The molecule has 0 atom stereocenters. The van der Waals surface area contributed by atoms with Gasteiger partial charge in [-0.1, -0.05) is 33.6 Å². The molecule has 0 amide bonds. The van der Waals surface area contributed by atoms with Crippen LogP contribution in [-0.2, 0) is 4.79 Å². The highest BCUT2D eigenvalue weighted by molar-refractivity contribution is 5.67. The summed E-state index contributed by atoms with van der Waals surface area (Å²) in [7, 11) is 0. The van der Waals surface area contributed by atoms with Gasteiger partial charge in [0, 0.05) is 0 Å². The van der Waals surface area contributed by atoms with Gasteiger partial charge in [-0.2, -0.15) is 0 Å². The SMILES string of the molecule is CC(C)(C)CC1(CC(=O)O)CCCC1. The predicted octanol–water partition coefficient (Wildman–Crippen LogP) is 3.46. The van der Waals surface area contributed by atoms with E-state index in [-0.39, 0.29) is 10.8 Å². The lowest BCUT2D eigenvalue weighted by Gasteiger charge is -2.34. The Morgan fingerprint density at radius 1 is 1.29 bits per heavy atom. The summed E-state index contributed by atoms with van der Waals surface area (Å²) in [5.74, 6) is -0.629. The van der Waals surface area contributed by atoms with Gasteiger partial charge in [-0.25, -0.2) is 0 Å². The largest absolute Gasteiger partial charge is 0.481 e. The fraction of sp³-hybridized carbons (Fsp3) is 0.917. The van der Waals surface area contributed by atoms with Gasteiger partial charge in [0.25, 0.3) is 0 Å². The number of hydrogen-bond donors (Lipinski definition) is 1. The summed E-state index contributed by atoms with van der Waals surface area (Å²) in [6.45, 7) is 6.61. The third kappa shape index (κ3) is 3.32. The Kier molecular flexibility index (Phi) is 3.23. The van der Waals surface area contributed by atoms with Crippen molar-refractivity contribution in [2.75, 3.05) is 0 Å². The minimum absolute atomic E-state index is 0.101. The zero-order valence-electron chi connectivity index (χ0n) is 9.60. The maximum absolute atomic E-state index is 10.8. The first-order valence-electron chi connectivity index (χ1n) is 5.55. The Labute approximate surface area is 86.7 Å². The fourth-order valence-electron chi connectivity index (χ4n) is 2.99. The molecule has 1 N–H and O–H groups in total. The van der Waals surface area contributed by atoms with Crippen molar-refractivity contribution in [2.45, 2.75) is 59.3 Å². The average molecular weight is 198 g/mol. The molecule has 1 rings (SSSR count). The van der Waals surface area contributed by atoms with Crippen molar-refractivity contribution in [2.24, 2.45) is 10.8 Å². The molecule has 0 spiro atoms. The van der Waals surface area contributed by atoms with Crippen LogP contribution in [-0.4, -0.2) is 11.1 Å². The number of carboxylic acids is 1. The summed E-state index contributed by atoms with van der Waals surface area (Å²) in [5.41, 5.74) is 0.351. The van der Waals surface area contributed by atoms with Crippen LogP contribution in [0.2, 0.25) is 0 Å². The van der Waals surface area contributed by atoms with Crippen molar-refractivity contribution in [1.29, 1.82) is 0 Å². The highest BCUT2D eigenvalue weighted by atomic mass is 16.4. The smallest absolute Gasteiger partial charge is 0.303 e. The summed E-state index contributed by atoms with van der Waals surface area (Å²) in [4.78, 5) is 10.8. The molecule has 0 heterocycles. The van der Waals surface area contributed by atoms with E-state index in [9.17, 15) is 4.79 Å². The predicted molar refractivity (Wildman–Crippen MR) is 57.2 cm³/mol. The van der Waals surface area contributed by atoms with E-state index < -0.39 is 5.97 Å². The van der Waals surface area contributed by atoms with Gasteiger partial charge in [-0.05, 0) is 30.1 Å². The number of carbonyl (C=O) groups is 1. The van der Waals surface area contributed by atoms with Crippen LogP contribution >= 0.6 is 0 Å². The van der Waals surface area contributed by atoms with Crippen LogP contribution in [0, 0.1) is 10.8 Å². The minimum atomic E-state index is -0.629. The summed E-state index contributed by atoms with van der Waals surface area (Å²) >= 11 is 0. The van der Waals surface area contributed by atoms with E-state index in [2.05, 4.69) is 20.8 Å². The van der Waals surface area contributed by atoms with Gasteiger partial charge in [0.1, 0.15) is 0 Å². The van der Waals surface area contributed by atoms with Crippen molar-refractivity contribution in [3.05, 3.63) is 0 Å². The van der Waals surface area contributed by atoms with Crippen LogP contribution in [0.4, 0.5) is 0 Å². The van der Waals surface area contributed by atoms with Crippen LogP contribution in [0.5, 0.6) is 0 Å². The van der Waals surface area contributed by atoms with Crippen LogP contribution < -0.4 is 0 Å². The maximum atomic E-state index is 10.8. The standard InChI is InChI=1S/C12H22O2/c1-11(2,3)9-12(8-10(13)14)6-4-5-7-12/h4-9H2,1-3H3,(H,13,14). The molecule has 1 fully saturated rings. The normalized spacial score (nSPS) is 21.1. The van der Waals surface area contributed by atoms with Crippen molar-refractivity contribution in [3.8, 4) is 0 Å². The van der Waals surface area contributed by atoms with Crippen molar-refractivity contribution in [1.82, 2.24) is 0 Å². The minimum Gasteiger partial charge on any atom is -0.481 e. The molecule has 1 aliphatic rings.